The van der Waals surface area contributed by atoms with E-state index >= 15 is 0 Å². The Morgan fingerprint density at radius 2 is 0.708 bits per heavy atom. The highest BCUT2D eigenvalue weighted by molar-refractivity contribution is 5.87. The minimum absolute atomic E-state index is 0.715. The molecule has 24 heavy (non-hydrogen) atoms. The number of aliphatic hydroxyl groups is 2. The lowest BCUT2D eigenvalue weighted by atomic mass is 9.80. The second kappa shape index (κ2) is 4.91. The minimum Gasteiger partial charge on any atom is -0.384 e. The Kier molecular flexibility index (Phi) is 2.81. The maximum absolute atomic E-state index is 10.9. The fourth-order valence-electron chi connectivity index (χ4n) is 3.83. The lowest BCUT2D eigenvalue weighted by Crippen LogP contribution is -2.18. The van der Waals surface area contributed by atoms with E-state index in [1.54, 1.807) is 0 Å². The largest absolute Gasteiger partial charge is 0.384 e. The van der Waals surface area contributed by atoms with Crippen LogP contribution in [0.4, 0.5) is 0 Å². The predicted molar refractivity (Wildman–Crippen MR) is 96.0 cm³/mol. The first-order valence-corrected chi connectivity index (χ1v) is 8.14. The summed E-state index contributed by atoms with van der Waals surface area (Å²) in [5.41, 5.74) is 3.18. The topological polar surface area (TPSA) is 40.5 Å². The fourth-order valence-corrected chi connectivity index (χ4v) is 3.83. The van der Waals surface area contributed by atoms with Crippen molar-refractivity contribution in [3.05, 3.63) is 95.1 Å². The molecule has 0 amide bonds. The SMILES string of the molecule is O[C@H]1c2cc3ccccc3cc2[C@H](O)c2cc3ccccc3cc21. The third-order valence-corrected chi connectivity index (χ3v) is 5.08. The summed E-state index contributed by atoms with van der Waals surface area (Å²) in [6.45, 7) is 0. The van der Waals surface area contributed by atoms with E-state index < -0.39 is 12.2 Å². The second-order valence-electron chi connectivity index (χ2n) is 6.46. The molecule has 2 N–H and O–H groups in total. The van der Waals surface area contributed by atoms with Crippen LogP contribution >= 0.6 is 0 Å². The van der Waals surface area contributed by atoms with Crippen molar-refractivity contribution in [1.82, 2.24) is 0 Å². The second-order valence-corrected chi connectivity index (χ2v) is 6.46. The number of aliphatic hydroxyl groups excluding tert-OH is 2. The van der Waals surface area contributed by atoms with Crippen LogP contribution in [0.2, 0.25) is 0 Å². The summed E-state index contributed by atoms with van der Waals surface area (Å²) in [6, 6.07) is 24.1. The third-order valence-electron chi connectivity index (χ3n) is 5.08. The summed E-state index contributed by atoms with van der Waals surface area (Å²) < 4.78 is 0. The summed E-state index contributed by atoms with van der Waals surface area (Å²) in [5, 5.41) is 26.2. The molecule has 0 bridgehead atoms. The van der Waals surface area contributed by atoms with E-state index in [0.717, 1.165) is 43.8 Å². The molecule has 1 aliphatic rings. The molecule has 0 saturated carbocycles. The number of fused-ring (bicyclic) bond motifs is 4. The summed E-state index contributed by atoms with van der Waals surface area (Å²) in [6.07, 6.45) is -1.43. The zero-order chi connectivity index (χ0) is 16.3. The van der Waals surface area contributed by atoms with Crippen molar-refractivity contribution in [3.8, 4) is 0 Å². The highest BCUT2D eigenvalue weighted by atomic mass is 16.3. The molecule has 0 fully saturated rings. The third kappa shape index (κ3) is 1.84. The average molecular weight is 312 g/mol. The van der Waals surface area contributed by atoms with Crippen LogP contribution in [-0.2, 0) is 0 Å². The van der Waals surface area contributed by atoms with Gasteiger partial charge in [0.1, 0.15) is 12.2 Å². The van der Waals surface area contributed by atoms with Crippen molar-refractivity contribution in [1.29, 1.82) is 0 Å². The molecular formula is C22H16O2. The van der Waals surface area contributed by atoms with Crippen molar-refractivity contribution in [2.45, 2.75) is 12.2 Å². The van der Waals surface area contributed by atoms with Crippen LogP contribution in [0.3, 0.4) is 0 Å². The number of hydrogen-bond acceptors (Lipinski definition) is 2. The molecule has 0 heterocycles. The Hall–Kier alpha value is -2.68. The lowest BCUT2D eigenvalue weighted by molar-refractivity contribution is 0.174. The van der Waals surface area contributed by atoms with Gasteiger partial charge in [-0.1, -0.05) is 48.5 Å². The van der Waals surface area contributed by atoms with Crippen LogP contribution in [0.25, 0.3) is 21.5 Å². The van der Waals surface area contributed by atoms with Crippen LogP contribution in [0.5, 0.6) is 0 Å². The first kappa shape index (κ1) is 13.7. The molecular weight excluding hydrogens is 296 g/mol. The molecule has 0 atom stereocenters. The van der Waals surface area contributed by atoms with Crippen molar-refractivity contribution in [2.75, 3.05) is 0 Å². The normalized spacial score (nSPS) is 19.2. The smallest absolute Gasteiger partial charge is 0.105 e. The van der Waals surface area contributed by atoms with Gasteiger partial charge in [0, 0.05) is 0 Å². The molecule has 0 spiro atoms. The maximum Gasteiger partial charge on any atom is 0.105 e. The molecule has 0 unspecified atom stereocenters. The van der Waals surface area contributed by atoms with Gasteiger partial charge in [0.25, 0.3) is 0 Å². The van der Waals surface area contributed by atoms with Gasteiger partial charge < -0.3 is 10.2 Å². The molecule has 116 valence electrons. The van der Waals surface area contributed by atoms with E-state index in [2.05, 4.69) is 0 Å². The number of rotatable bonds is 0. The summed E-state index contributed by atoms with van der Waals surface area (Å²) in [7, 11) is 0. The monoisotopic (exact) mass is 312 g/mol. The van der Waals surface area contributed by atoms with Crippen LogP contribution in [0.1, 0.15) is 34.5 Å². The predicted octanol–water partition coefficient (Wildman–Crippen LogP) is 4.47. The van der Waals surface area contributed by atoms with Crippen LogP contribution < -0.4 is 0 Å². The molecule has 1 aliphatic carbocycles. The van der Waals surface area contributed by atoms with Crippen LogP contribution in [0.15, 0.2) is 72.8 Å². The minimum atomic E-state index is -0.715. The Bertz CT molecular complexity index is 923. The standard InChI is InChI=1S/C22H16O2/c23-21-17-9-13-5-1-2-6-14(13)10-18(17)22(24)20-12-16-8-4-3-7-15(16)11-19(20)21/h1-12,21-24H/t21-,22-. The zero-order valence-electron chi connectivity index (χ0n) is 13.0. The van der Waals surface area contributed by atoms with Crippen molar-refractivity contribution in [2.24, 2.45) is 0 Å². The number of hydrogen-bond donors (Lipinski definition) is 2. The van der Waals surface area contributed by atoms with Crippen molar-refractivity contribution in [3.63, 3.8) is 0 Å². The Morgan fingerprint density at radius 3 is 0.958 bits per heavy atom. The molecule has 0 aliphatic heterocycles. The zero-order valence-corrected chi connectivity index (χ0v) is 13.0. The average Bonchev–Trinajstić information content (AvgIpc) is 2.64. The van der Waals surface area contributed by atoms with Crippen molar-refractivity contribution >= 4 is 21.5 Å². The van der Waals surface area contributed by atoms with E-state index in [1.807, 2.05) is 72.8 Å². The van der Waals surface area contributed by atoms with E-state index in [1.165, 1.54) is 0 Å². The van der Waals surface area contributed by atoms with Crippen LogP contribution in [0, 0.1) is 0 Å². The van der Waals surface area contributed by atoms with Gasteiger partial charge in [-0.2, -0.15) is 0 Å². The van der Waals surface area contributed by atoms with Crippen molar-refractivity contribution < 1.29 is 10.2 Å². The summed E-state index contributed by atoms with van der Waals surface area (Å²) >= 11 is 0. The van der Waals surface area contributed by atoms with Gasteiger partial charge in [-0.05, 0) is 68.1 Å². The Labute approximate surface area is 139 Å². The first-order chi connectivity index (χ1) is 11.7. The maximum atomic E-state index is 10.9. The quantitative estimate of drug-likeness (QED) is 0.503. The van der Waals surface area contributed by atoms with Crippen LogP contribution in [-0.4, -0.2) is 10.2 Å². The molecule has 2 nitrogen and oxygen atoms in total. The number of benzene rings is 4. The molecule has 4 aromatic rings. The van der Waals surface area contributed by atoms with Gasteiger partial charge in [0.2, 0.25) is 0 Å². The molecule has 0 saturated heterocycles. The van der Waals surface area contributed by atoms with Gasteiger partial charge in [-0.15, -0.1) is 0 Å². The Balaban J connectivity index is 1.81. The molecule has 5 rings (SSSR count). The first-order valence-electron chi connectivity index (χ1n) is 8.14. The fraction of sp³-hybridized carbons (Fsp3) is 0.0909. The van der Waals surface area contributed by atoms with E-state index in [0.29, 0.717) is 0 Å². The highest BCUT2D eigenvalue weighted by Gasteiger charge is 2.30. The molecule has 0 aromatic heterocycles. The van der Waals surface area contributed by atoms with E-state index in [-0.39, 0.29) is 0 Å². The van der Waals surface area contributed by atoms with Gasteiger partial charge >= 0.3 is 0 Å². The molecule has 0 radical (unpaired) electrons. The molecule has 2 heteroatoms. The van der Waals surface area contributed by atoms with E-state index in [4.69, 9.17) is 0 Å². The van der Waals surface area contributed by atoms with E-state index in [9.17, 15) is 10.2 Å². The Morgan fingerprint density at radius 1 is 0.458 bits per heavy atom. The van der Waals surface area contributed by atoms with Gasteiger partial charge in [-0.25, -0.2) is 0 Å². The van der Waals surface area contributed by atoms with Gasteiger partial charge in [0.15, 0.2) is 0 Å². The van der Waals surface area contributed by atoms with Gasteiger partial charge in [-0.3, -0.25) is 0 Å². The summed E-state index contributed by atoms with van der Waals surface area (Å²) in [4.78, 5) is 0. The summed E-state index contributed by atoms with van der Waals surface area (Å²) in [5.74, 6) is 0. The highest BCUT2D eigenvalue weighted by Crippen LogP contribution is 2.43. The van der Waals surface area contributed by atoms with Gasteiger partial charge in [0.05, 0.1) is 0 Å². The lowest BCUT2D eigenvalue weighted by Gasteiger charge is -2.30. The molecule has 4 aromatic carbocycles.